The molecule has 0 bridgehead atoms. The summed E-state index contributed by atoms with van der Waals surface area (Å²) in [5, 5.41) is 0. The van der Waals surface area contributed by atoms with Gasteiger partial charge in [0.15, 0.2) is 0 Å². The van der Waals surface area contributed by atoms with Crippen LogP contribution in [0.4, 0.5) is 0 Å². The van der Waals surface area contributed by atoms with Crippen LogP contribution in [0.15, 0.2) is 66.0 Å². The second-order valence-corrected chi connectivity index (χ2v) is 11.9. The molecule has 134 valence electrons. The van der Waals surface area contributed by atoms with Crippen molar-refractivity contribution in [1.82, 2.24) is 0 Å². The molecular formula is C24H33V. The minimum absolute atomic E-state index is 0.639. The molecule has 3 rings (SSSR count). The molecule has 0 aromatic carbocycles. The third-order valence-corrected chi connectivity index (χ3v) is 10.1. The average molecular weight is 372 g/mol. The van der Waals surface area contributed by atoms with Crippen LogP contribution in [0.5, 0.6) is 0 Å². The van der Waals surface area contributed by atoms with Gasteiger partial charge in [-0.2, -0.15) is 0 Å². The van der Waals surface area contributed by atoms with Gasteiger partial charge in [-0.15, -0.1) is 0 Å². The van der Waals surface area contributed by atoms with Crippen LogP contribution in [0.3, 0.4) is 0 Å². The normalized spacial score (nSPS) is 20.4. The van der Waals surface area contributed by atoms with E-state index in [1.54, 1.807) is 16.7 Å². The topological polar surface area (TPSA) is 0 Å². The maximum absolute atomic E-state index is 2.43. The van der Waals surface area contributed by atoms with Crippen LogP contribution < -0.4 is 0 Å². The predicted octanol–water partition coefficient (Wildman–Crippen LogP) is 7.21. The zero-order valence-corrected chi connectivity index (χ0v) is 18.2. The molecule has 0 aromatic heterocycles. The Morgan fingerprint density at radius 3 is 1.08 bits per heavy atom. The number of rotatable bonds is 6. The summed E-state index contributed by atoms with van der Waals surface area (Å²) in [6, 6.07) is 0. The number of hydrogen-bond acceptors (Lipinski definition) is 0. The molecule has 0 nitrogen and oxygen atoms in total. The molecule has 0 fully saturated rings. The van der Waals surface area contributed by atoms with Gasteiger partial charge in [-0.1, -0.05) is 0 Å². The van der Waals surface area contributed by atoms with Crippen LogP contribution in [0.25, 0.3) is 0 Å². The van der Waals surface area contributed by atoms with Gasteiger partial charge in [0, 0.05) is 0 Å². The SMILES string of the molecule is CC(C)C1=[C]([V]([C]2=C(C(C)C)C=CC2)[C]2=C(C(C)C)C=CC2)CC=C1. The Morgan fingerprint density at radius 2 is 0.840 bits per heavy atom. The van der Waals surface area contributed by atoms with E-state index < -0.39 is 15.2 Å². The summed E-state index contributed by atoms with van der Waals surface area (Å²) < 4.78 is 5.45. The molecule has 3 aliphatic rings. The summed E-state index contributed by atoms with van der Waals surface area (Å²) in [5.41, 5.74) is 4.93. The van der Waals surface area contributed by atoms with Crippen LogP contribution in [-0.4, -0.2) is 0 Å². The van der Waals surface area contributed by atoms with Crippen LogP contribution >= 0.6 is 0 Å². The van der Waals surface area contributed by atoms with E-state index in [0.29, 0.717) is 17.8 Å². The van der Waals surface area contributed by atoms with Crippen LogP contribution in [0, 0.1) is 17.8 Å². The van der Waals surface area contributed by atoms with Gasteiger partial charge in [-0.05, 0) is 0 Å². The summed E-state index contributed by atoms with van der Waals surface area (Å²) in [7, 11) is 0. The molecule has 0 saturated carbocycles. The zero-order chi connectivity index (χ0) is 18.1. The molecule has 0 heterocycles. The van der Waals surface area contributed by atoms with Gasteiger partial charge in [0.1, 0.15) is 0 Å². The van der Waals surface area contributed by atoms with Crippen LogP contribution in [0.1, 0.15) is 60.8 Å². The van der Waals surface area contributed by atoms with Gasteiger partial charge >= 0.3 is 160 Å². The van der Waals surface area contributed by atoms with E-state index in [9.17, 15) is 0 Å². The fraction of sp³-hybridized carbons (Fsp3) is 0.500. The molecular weight excluding hydrogens is 339 g/mol. The molecule has 0 aliphatic heterocycles. The van der Waals surface area contributed by atoms with E-state index in [-0.39, 0.29) is 0 Å². The molecule has 0 N–H and O–H groups in total. The third kappa shape index (κ3) is 3.62. The van der Waals surface area contributed by atoms with Crippen LogP contribution in [-0.2, 0) is 15.2 Å². The Balaban J connectivity index is 2.17. The molecule has 25 heavy (non-hydrogen) atoms. The Morgan fingerprint density at radius 1 is 0.560 bits per heavy atom. The summed E-state index contributed by atoms with van der Waals surface area (Å²) in [5.74, 6) is 1.92. The molecule has 0 aromatic rings. The van der Waals surface area contributed by atoms with E-state index in [1.807, 2.05) is 12.9 Å². The summed E-state index contributed by atoms with van der Waals surface area (Å²) >= 11 is -1.37. The molecule has 0 radical (unpaired) electrons. The maximum atomic E-state index is 2.43. The van der Waals surface area contributed by atoms with Gasteiger partial charge in [0.05, 0.1) is 0 Å². The van der Waals surface area contributed by atoms with E-state index in [4.69, 9.17) is 0 Å². The van der Waals surface area contributed by atoms with Crippen molar-refractivity contribution in [2.24, 2.45) is 17.8 Å². The summed E-state index contributed by atoms with van der Waals surface area (Å²) in [6.45, 7) is 14.2. The Labute approximate surface area is 159 Å². The molecule has 0 spiro atoms. The monoisotopic (exact) mass is 372 g/mol. The fourth-order valence-corrected chi connectivity index (χ4v) is 9.91. The van der Waals surface area contributed by atoms with Gasteiger partial charge < -0.3 is 0 Å². The van der Waals surface area contributed by atoms with Gasteiger partial charge in [-0.25, -0.2) is 0 Å². The zero-order valence-electron chi connectivity index (χ0n) is 16.8. The standard InChI is InChI=1S/3C8H11.V/c3*1-7(2)8-5-3-4-6-8;/h3*3,5,7H,4H2,1-2H3;. The summed E-state index contributed by atoms with van der Waals surface area (Å²) in [6.07, 6.45) is 18.1. The van der Waals surface area contributed by atoms with Crippen molar-refractivity contribution < 1.29 is 15.2 Å². The average Bonchev–Trinajstić information content (AvgIpc) is 3.28. The molecule has 1 heteroatoms. The van der Waals surface area contributed by atoms with E-state index >= 15 is 0 Å². The summed E-state index contributed by atoms with van der Waals surface area (Å²) in [4.78, 5) is 0. The third-order valence-electron chi connectivity index (χ3n) is 5.50. The first kappa shape index (κ1) is 18.8. The van der Waals surface area contributed by atoms with Crippen molar-refractivity contribution in [3.8, 4) is 0 Å². The van der Waals surface area contributed by atoms with Crippen LogP contribution in [0.2, 0.25) is 0 Å². The quantitative estimate of drug-likeness (QED) is 0.462. The molecule has 0 amide bonds. The molecule has 0 saturated heterocycles. The van der Waals surface area contributed by atoms with Gasteiger partial charge in [-0.3, -0.25) is 0 Å². The minimum atomic E-state index is -1.37. The van der Waals surface area contributed by atoms with Crippen molar-refractivity contribution in [2.45, 2.75) is 60.8 Å². The van der Waals surface area contributed by atoms with Crippen molar-refractivity contribution in [2.75, 3.05) is 0 Å². The van der Waals surface area contributed by atoms with Crippen molar-refractivity contribution in [3.05, 3.63) is 66.0 Å². The first-order chi connectivity index (χ1) is 11.9. The first-order valence-corrected chi connectivity index (χ1v) is 12.0. The van der Waals surface area contributed by atoms with Gasteiger partial charge in [0.25, 0.3) is 0 Å². The molecule has 3 aliphatic carbocycles. The second kappa shape index (κ2) is 7.72. The van der Waals surface area contributed by atoms with E-state index in [0.717, 1.165) is 0 Å². The second-order valence-electron chi connectivity index (χ2n) is 8.33. The first-order valence-electron chi connectivity index (χ1n) is 9.90. The van der Waals surface area contributed by atoms with E-state index in [2.05, 4.69) is 78.0 Å². The van der Waals surface area contributed by atoms with E-state index in [1.165, 1.54) is 19.3 Å². The molecule has 0 atom stereocenters. The molecule has 0 unspecified atom stereocenters. The Kier molecular flexibility index (Phi) is 5.81. The Bertz CT molecular complexity index is 617. The van der Waals surface area contributed by atoms with Gasteiger partial charge in [0.2, 0.25) is 0 Å². The number of hydrogen-bond donors (Lipinski definition) is 0. The Hall–Kier alpha value is -0.976. The van der Waals surface area contributed by atoms with Crippen molar-refractivity contribution in [1.29, 1.82) is 0 Å². The fourth-order valence-electron chi connectivity index (χ4n) is 4.26. The van der Waals surface area contributed by atoms with Crippen molar-refractivity contribution >= 4 is 0 Å². The van der Waals surface area contributed by atoms with Crippen molar-refractivity contribution in [3.63, 3.8) is 0 Å². The predicted molar refractivity (Wildman–Crippen MR) is 107 cm³/mol. The number of allylic oxidation sites excluding steroid dienone is 12.